The molecule has 0 aromatic rings. The number of carboxylic acid groups (broad SMARTS) is 1. The van der Waals surface area contributed by atoms with Gasteiger partial charge in [0.2, 0.25) is 11.8 Å². The molecule has 0 aromatic heterocycles. The summed E-state index contributed by atoms with van der Waals surface area (Å²) < 4.78 is 30.3. The van der Waals surface area contributed by atoms with E-state index in [1.165, 1.54) is 13.8 Å². The minimum atomic E-state index is -1.65. The highest BCUT2D eigenvalue weighted by Gasteiger charge is 2.52. The summed E-state index contributed by atoms with van der Waals surface area (Å²) in [6, 6.07) is -1.97. The molecular weight excluding hydrogens is 638 g/mol. The van der Waals surface area contributed by atoms with Crippen LogP contribution >= 0.6 is 0 Å². The molecule has 8 unspecified atom stereocenters. The lowest BCUT2D eigenvalue weighted by molar-refractivity contribution is -0.334. The molecule has 48 heavy (non-hydrogen) atoms. The van der Waals surface area contributed by atoms with Crippen LogP contribution in [0.15, 0.2) is 0 Å². The van der Waals surface area contributed by atoms with Gasteiger partial charge in [-0.1, -0.05) is 32.1 Å². The van der Waals surface area contributed by atoms with Gasteiger partial charge in [-0.05, 0) is 38.5 Å². The van der Waals surface area contributed by atoms with Gasteiger partial charge in [0, 0.05) is 6.92 Å². The summed E-state index contributed by atoms with van der Waals surface area (Å²) >= 11 is 0. The van der Waals surface area contributed by atoms with Crippen LogP contribution in [0.3, 0.4) is 0 Å². The molecule has 0 bridgehead atoms. The first-order valence-corrected chi connectivity index (χ1v) is 16.9. The maximum Gasteiger partial charge on any atom is 0.332 e. The first kappa shape index (κ1) is 38.8. The highest BCUT2D eigenvalue weighted by atomic mass is 16.7. The molecule has 2 aliphatic heterocycles. The number of carbonyl (C=O) groups is 3. The average molecular weight is 692 g/mol. The Hall–Kier alpha value is -2.03. The molecule has 276 valence electrons. The average Bonchev–Trinajstić information content (AvgIpc) is 3.06. The molecular formula is C31H53N3O14. The van der Waals surface area contributed by atoms with Gasteiger partial charge in [0.25, 0.3) is 0 Å². The second-order valence-corrected chi connectivity index (χ2v) is 13.4. The third-order valence-corrected chi connectivity index (χ3v) is 9.80. The van der Waals surface area contributed by atoms with Crippen LogP contribution in [-0.4, -0.2) is 147 Å². The smallest absolute Gasteiger partial charge is 0.332 e. The van der Waals surface area contributed by atoms with Gasteiger partial charge < -0.3 is 70.7 Å². The van der Waals surface area contributed by atoms with Crippen molar-refractivity contribution in [3.05, 3.63) is 0 Å². The van der Waals surface area contributed by atoms with Crippen LogP contribution < -0.4 is 16.4 Å². The van der Waals surface area contributed by atoms with Crippen molar-refractivity contribution in [3.8, 4) is 0 Å². The predicted molar refractivity (Wildman–Crippen MR) is 164 cm³/mol. The van der Waals surface area contributed by atoms with Crippen LogP contribution in [0.4, 0.5) is 0 Å². The minimum absolute atomic E-state index is 0.0974. The molecule has 2 saturated heterocycles. The second-order valence-electron chi connectivity index (χ2n) is 13.4. The first-order valence-electron chi connectivity index (χ1n) is 16.9. The zero-order valence-electron chi connectivity index (χ0n) is 27.5. The third-order valence-electron chi connectivity index (χ3n) is 9.80. The molecule has 0 spiro atoms. The van der Waals surface area contributed by atoms with Crippen LogP contribution in [0.5, 0.6) is 0 Å². The first-order chi connectivity index (χ1) is 22.8. The number of carboxylic acids is 1. The Balaban J connectivity index is 1.62. The Bertz CT molecular complexity index is 1070. The number of nitrogens with one attached hydrogen (secondary N) is 2. The molecule has 4 rings (SSSR count). The normalized spacial score (nSPS) is 40.1. The van der Waals surface area contributed by atoms with Gasteiger partial charge in [-0.3, -0.25) is 9.59 Å². The maximum atomic E-state index is 12.7. The summed E-state index contributed by atoms with van der Waals surface area (Å²) in [6.07, 6.45) is -9.79. The summed E-state index contributed by atoms with van der Waals surface area (Å²) in [5.41, 5.74) is 5.59. The zero-order valence-corrected chi connectivity index (χ0v) is 27.5. The van der Waals surface area contributed by atoms with E-state index in [0.717, 1.165) is 32.1 Å². The van der Waals surface area contributed by atoms with E-state index in [0.29, 0.717) is 19.3 Å². The number of rotatable bonds is 13. The Morgan fingerprint density at radius 2 is 1.56 bits per heavy atom. The van der Waals surface area contributed by atoms with Gasteiger partial charge in [-0.15, -0.1) is 0 Å². The van der Waals surface area contributed by atoms with E-state index in [2.05, 4.69) is 10.6 Å². The molecule has 0 radical (unpaired) electrons. The highest BCUT2D eigenvalue weighted by Crippen LogP contribution is 2.35. The number of carbonyl (C=O) groups excluding carboxylic acids is 2. The van der Waals surface area contributed by atoms with Crippen LogP contribution in [0.1, 0.15) is 71.6 Å². The standard InChI is InChI=1S/C31H53N3O14/c1-14-23(38)25(40)26(41)31(44-14)48-27-17(33-15(2)36)9-6-10-18(27)46-30-22(34-21(37)12-32)28(24(39)20(13-35)47-30)45-19(29(42)43)11-16-7-4-3-5-8-16/h14,16-20,22-28,30-31,35,38-41H,3-13,32H2,1-2H3,(H,33,36)(H,34,37)(H,42,43)/t14?,17?,18-,19+,20?,22?,23-,24+,25?,26?,27?,28?,30-,31+/m1/s1. The van der Waals surface area contributed by atoms with Crippen LogP contribution in [0, 0.1) is 5.92 Å². The van der Waals surface area contributed by atoms with Crippen molar-refractivity contribution in [2.75, 3.05) is 13.2 Å². The quantitative estimate of drug-likeness (QED) is 0.0975. The van der Waals surface area contributed by atoms with Crippen molar-refractivity contribution < 1.29 is 68.7 Å². The van der Waals surface area contributed by atoms with Gasteiger partial charge in [0.15, 0.2) is 18.7 Å². The Morgan fingerprint density at radius 3 is 2.19 bits per heavy atom. The fraction of sp³-hybridized carbons (Fsp3) is 0.903. The molecule has 17 heteroatoms. The summed E-state index contributed by atoms with van der Waals surface area (Å²) in [7, 11) is 0. The molecule has 4 aliphatic rings. The van der Waals surface area contributed by atoms with E-state index < -0.39 is 111 Å². The fourth-order valence-electron chi connectivity index (χ4n) is 7.20. The molecule has 2 saturated carbocycles. The number of aliphatic hydroxyl groups excluding tert-OH is 5. The summed E-state index contributed by atoms with van der Waals surface area (Å²) in [4.78, 5) is 37.2. The number of aliphatic carboxylic acids is 1. The number of ether oxygens (including phenoxy) is 5. The van der Waals surface area contributed by atoms with Gasteiger partial charge in [0.1, 0.15) is 48.8 Å². The van der Waals surface area contributed by atoms with Crippen LogP contribution in [-0.2, 0) is 38.1 Å². The van der Waals surface area contributed by atoms with Crippen LogP contribution in [0.2, 0.25) is 0 Å². The van der Waals surface area contributed by atoms with E-state index in [-0.39, 0.29) is 18.2 Å². The number of nitrogens with two attached hydrogens (primary N) is 1. The zero-order chi connectivity index (χ0) is 35.1. The lowest BCUT2D eigenvalue weighted by Crippen LogP contribution is -2.68. The lowest BCUT2D eigenvalue weighted by Gasteiger charge is -2.48. The van der Waals surface area contributed by atoms with Gasteiger partial charge in [-0.2, -0.15) is 0 Å². The SMILES string of the molecule is CC(=O)NC1CCC[C@@H](O[C@@H]2OC(CO)[C@H](O)C(O[C@@H](CC3CCCCC3)C(=O)O)C2NC(=O)CN)C1O[C@@H]1OC(C)[C@@H](O)C(O)C1O. The van der Waals surface area contributed by atoms with Gasteiger partial charge in [-0.25, -0.2) is 4.79 Å². The predicted octanol–water partition coefficient (Wildman–Crippen LogP) is -2.40. The number of amides is 2. The molecule has 2 amide bonds. The van der Waals surface area contributed by atoms with Crippen molar-refractivity contribution >= 4 is 17.8 Å². The van der Waals surface area contributed by atoms with Gasteiger partial charge >= 0.3 is 5.97 Å². The van der Waals surface area contributed by atoms with E-state index >= 15 is 0 Å². The number of hydrogen-bond acceptors (Lipinski definition) is 14. The van der Waals surface area contributed by atoms with E-state index in [4.69, 9.17) is 29.4 Å². The summed E-state index contributed by atoms with van der Waals surface area (Å²) in [5.74, 6) is -2.19. The van der Waals surface area contributed by atoms with E-state index in [1.807, 2.05) is 0 Å². The minimum Gasteiger partial charge on any atom is -0.479 e. The Kier molecular flexibility index (Phi) is 14.3. The van der Waals surface area contributed by atoms with Crippen LogP contribution in [0.25, 0.3) is 0 Å². The number of hydrogen-bond donors (Lipinski definition) is 9. The monoisotopic (exact) mass is 691 g/mol. The molecule has 14 atom stereocenters. The molecule has 10 N–H and O–H groups in total. The van der Waals surface area contributed by atoms with E-state index in [1.54, 1.807) is 0 Å². The molecule has 0 aromatic carbocycles. The summed E-state index contributed by atoms with van der Waals surface area (Å²) in [6.45, 7) is 1.66. The van der Waals surface area contributed by atoms with Crippen molar-refractivity contribution in [2.24, 2.45) is 11.7 Å². The Morgan fingerprint density at radius 1 is 0.854 bits per heavy atom. The molecule has 4 fully saturated rings. The topological polar surface area (TPSA) is 269 Å². The molecule has 17 nitrogen and oxygen atoms in total. The second kappa shape index (κ2) is 17.8. The lowest BCUT2D eigenvalue weighted by atomic mass is 9.85. The third kappa shape index (κ3) is 9.60. The Labute approximate surface area is 279 Å². The van der Waals surface area contributed by atoms with Crippen molar-refractivity contribution in [3.63, 3.8) is 0 Å². The fourth-order valence-corrected chi connectivity index (χ4v) is 7.20. The van der Waals surface area contributed by atoms with Crippen molar-refractivity contribution in [1.82, 2.24) is 10.6 Å². The van der Waals surface area contributed by atoms with Gasteiger partial charge in [0.05, 0.1) is 31.4 Å². The largest absolute Gasteiger partial charge is 0.479 e. The molecule has 2 aliphatic carbocycles. The van der Waals surface area contributed by atoms with Crippen molar-refractivity contribution in [2.45, 2.75) is 157 Å². The molecule has 2 heterocycles. The van der Waals surface area contributed by atoms with E-state index in [9.17, 15) is 45.0 Å². The highest BCUT2D eigenvalue weighted by molar-refractivity contribution is 5.78. The number of aliphatic hydroxyl groups is 5. The maximum absolute atomic E-state index is 12.7. The summed E-state index contributed by atoms with van der Waals surface area (Å²) in [5, 5.41) is 68.2. The van der Waals surface area contributed by atoms with Crippen molar-refractivity contribution in [1.29, 1.82) is 0 Å².